The second kappa shape index (κ2) is 6.79. The molecule has 1 fully saturated rings. The van der Waals surface area contributed by atoms with Gasteiger partial charge in [0.2, 0.25) is 5.91 Å². The quantitative estimate of drug-likeness (QED) is 0.815. The molecular weight excluding hydrogens is 308 g/mol. The van der Waals surface area contributed by atoms with Crippen LogP contribution in [0, 0.1) is 11.8 Å². The highest BCUT2D eigenvalue weighted by molar-refractivity contribution is 8.04. The molecule has 5 heteroatoms. The van der Waals surface area contributed by atoms with Gasteiger partial charge in [-0.15, -0.1) is 0 Å². The summed E-state index contributed by atoms with van der Waals surface area (Å²) in [4.78, 5) is 25.8. The summed E-state index contributed by atoms with van der Waals surface area (Å²) in [6.45, 7) is 4.43. The molecule has 0 spiro atoms. The molecule has 3 atom stereocenters. The van der Waals surface area contributed by atoms with E-state index in [-0.39, 0.29) is 17.9 Å². The molecule has 1 saturated carbocycles. The lowest BCUT2D eigenvalue weighted by Gasteiger charge is -2.34. The summed E-state index contributed by atoms with van der Waals surface area (Å²) in [7, 11) is 0. The number of amides is 2. The van der Waals surface area contributed by atoms with Crippen molar-refractivity contribution >= 4 is 29.3 Å². The molecule has 0 saturated heterocycles. The van der Waals surface area contributed by atoms with Crippen LogP contribution in [0.4, 0.5) is 5.69 Å². The summed E-state index contributed by atoms with van der Waals surface area (Å²) in [5.74, 6) is 0.711. The molecule has 1 aliphatic carbocycles. The van der Waals surface area contributed by atoms with Crippen molar-refractivity contribution in [2.24, 2.45) is 11.8 Å². The molecular formula is C18H22N2O2S. The zero-order valence-electron chi connectivity index (χ0n) is 13.5. The Labute approximate surface area is 141 Å². The Kier molecular flexibility index (Phi) is 4.76. The van der Waals surface area contributed by atoms with Crippen LogP contribution < -0.4 is 10.6 Å². The van der Waals surface area contributed by atoms with Crippen LogP contribution >= 0.6 is 11.8 Å². The molecule has 1 aromatic rings. The third kappa shape index (κ3) is 3.61. The molecule has 0 aromatic heterocycles. The van der Waals surface area contributed by atoms with E-state index in [0.717, 1.165) is 23.4 Å². The molecule has 23 heavy (non-hydrogen) atoms. The zero-order valence-corrected chi connectivity index (χ0v) is 14.3. The summed E-state index contributed by atoms with van der Waals surface area (Å²) in [6.07, 6.45) is 4.82. The maximum absolute atomic E-state index is 12.3. The topological polar surface area (TPSA) is 58.2 Å². The smallest absolute Gasteiger partial charge is 0.262 e. The Morgan fingerprint density at radius 3 is 2.91 bits per heavy atom. The SMILES string of the molecule is CC1CCCC(NC(=O)C=C2Sc3ccccc3NC2=O)C1C. The number of hydrogen-bond donors (Lipinski definition) is 2. The minimum absolute atomic E-state index is 0.173. The number of anilines is 1. The number of rotatable bonds is 2. The second-order valence-electron chi connectivity index (χ2n) is 6.44. The average molecular weight is 330 g/mol. The maximum atomic E-state index is 12.3. The van der Waals surface area contributed by atoms with Crippen LogP contribution in [0.5, 0.6) is 0 Å². The Morgan fingerprint density at radius 1 is 1.30 bits per heavy atom. The number of thioether (sulfide) groups is 1. The summed E-state index contributed by atoms with van der Waals surface area (Å²) >= 11 is 1.35. The zero-order chi connectivity index (χ0) is 16.4. The van der Waals surface area contributed by atoms with Gasteiger partial charge in [0.25, 0.3) is 5.91 Å². The van der Waals surface area contributed by atoms with Crippen LogP contribution in [0.25, 0.3) is 0 Å². The van der Waals surface area contributed by atoms with Crippen molar-refractivity contribution in [3.05, 3.63) is 35.2 Å². The van der Waals surface area contributed by atoms with E-state index in [9.17, 15) is 9.59 Å². The van der Waals surface area contributed by atoms with Crippen LogP contribution in [0.3, 0.4) is 0 Å². The van der Waals surface area contributed by atoms with Gasteiger partial charge in [0, 0.05) is 17.0 Å². The van der Waals surface area contributed by atoms with Crippen molar-refractivity contribution < 1.29 is 9.59 Å². The van der Waals surface area contributed by atoms with Gasteiger partial charge in [-0.1, -0.05) is 50.6 Å². The molecule has 2 aliphatic rings. The van der Waals surface area contributed by atoms with Crippen LogP contribution in [0.1, 0.15) is 33.1 Å². The van der Waals surface area contributed by atoms with Crippen molar-refractivity contribution in [2.75, 3.05) is 5.32 Å². The minimum atomic E-state index is -0.214. The first-order valence-corrected chi connectivity index (χ1v) is 8.96. The lowest BCUT2D eigenvalue weighted by atomic mass is 9.78. The predicted octanol–water partition coefficient (Wildman–Crippen LogP) is 3.56. The van der Waals surface area contributed by atoms with E-state index in [2.05, 4.69) is 24.5 Å². The van der Waals surface area contributed by atoms with E-state index >= 15 is 0 Å². The Balaban J connectivity index is 1.69. The molecule has 122 valence electrons. The number of nitrogens with one attached hydrogen (secondary N) is 2. The van der Waals surface area contributed by atoms with Gasteiger partial charge < -0.3 is 10.6 Å². The van der Waals surface area contributed by atoms with Crippen molar-refractivity contribution in [2.45, 2.75) is 44.0 Å². The summed E-state index contributed by atoms with van der Waals surface area (Å²) < 4.78 is 0. The fraction of sp³-hybridized carbons (Fsp3) is 0.444. The van der Waals surface area contributed by atoms with Crippen molar-refractivity contribution in [1.29, 1.82) is 0 Å². The number of fused-ring (bicyclic) bond motifs is 1. The molecule has 2 amide bonds. The molecule has 3 rings (SSSR count). The largest absolute Gasteiger partial charge is 0.350 e. The second-order valence-corrected chi connectivity index (χ2v) is 7.53. The lowest BCUT2D eigenvalue weighted by Crippen LogP contribution is -2.43. The van der Waals surface area contributed by atoms with Gasteiger partial charge in [-0.05, 0) is 30.4 Å². The molecule has 3 unspecified atom stereocenters. The fourth-order valence-corrected chi connectivity index (χ4v) is 4.15. The monoisotopic (exact) mass is 330 g/mol. The number of hydrogen-bond acceptors (Lipinski definition) is 3. The van der Waals surface area contributed by atoms with Gasteiger partial charge >= 0.3 is 0 Å². The number of para-hydroxylation sites is 1. The summed E-state index contributed by atoms with van der Waals surface area (Å²) in [6, 6.07) is 7.81. The lowest BCUT2D eigenvalue weighted by molar-refractivity contribution is -0.118. The Morgan fingerprint density at radius 2 is 2.09 bits per heavy atom. The highest BCUT2D eigenvalue weighted by Crippen LogP contribution is 2.37. The highest BCUT2D eigenvalue weighted by atomic mass is 32.2. The van der Waals surface area contributed by atoms with Crippen LogP contribution in [-0.2, 0) is 9.59 Å². The van der Waals surface area contributed by atoms with Gasteiger partial charge in [-0.2, -0.15) is 0 Å². The normalized spacial score (nSPS) is 28.9. The molecule has 0 bridgehead atoms. The number of benzene rings is 1. The van der Waals surface area contributed by atoms with E-state index in [4.69, 9.17) is 0 Å². The van der Waals surface area contributed by atoms with Gasteiger partial charge in [0.15, 0.2) is 0 Å². The Hall–Kier alpha value is -1.75. The highest BCUT2D eigenvalue weighted by Gasteiger charge is 2.28. The molecule has 2 N–H and O–H groups in total. The number of carbonyl (C=O) groups is 2. The third-order valence-electron chi connectivity index (χ3n) is 4.88. The van der Waals surface area contributed by atoms with E-state index < -0.39 is 0 Å². The van der Waals surface area contributed by atoms with Gasteiger partial charge in [0.05, 0.1) is 10.6 Å². The Bertz CT molecular complexity index is 656. The summed E-state index contributed by atoms with van der Waals surface area (Å²) in [5.41, 5.74) is 0.801. The first-order valence-electron chi connectivity index (χ1n) is 8.15. The van der Waals surface area contributed by atoms with E-state index in [1.807, 2.05) is 24.3 Å². The third-order valence-corrected chi connectivity index (χ3v) is 5.97. The first kappa shape index (κ1) is 16.1. The first-order chi connectivity index (χ1) is 11.0. The maximum Gasteiger partial charge on any atom is 0.262 e. The van der Waals surface area contributed by atoms with Gasteiger partial charge in [-0.25, -0.2) is 0 Å². The van der Waals surface area contributed by atoms with Gasteiger partial charge in [0.1, 0.15) is 0 Å². The molecule has 1 aromatic carbocycles. The van der Waals surface area contributed by atoms with Crippen LogP contribution in [0.15, 0.2) is 40.1 Å². The summed E-state index contributed by atoms with van der Waals surface area (Å²) in [5, 5.41) is 5.91. The average Bonchev–Trinajstić information content (AvgIpc) is 2.52. The standard InChI is InChI=1S/C18H22N2O2S/c1-11-6-5-8-13(12(11)2)19-17(21)10-16-18(22)20-14-7-3-4-9-15(14)23-16/h3-4,7,9-13H,5-6,8H2,1-2H3,(H,19,21)(H,20,22). The van der Waals surface area contributed by atoms with Crippen molar-refractivity contribution in [3.8, 4) is 0 Å². The van der Waals surface area contributed by atoms with Crippen LogP contribution in [-0.4, -0.2) is 17.9 Å². The van der Waals surface area contributed by atoms with Crippen molar-refractivity contribution in [1.82, 2.24) is 5.32 Å². The van der Waals surface area contributed by atoms with Crippen molar-refractivity contribution in [3.63, 3.8) is 0 Å². The van der Waals surface area contributed by atoms with Crippen LogP contribution in [0.2, 0.25) is 0 Å². The van der Waals surface area contributed by atoms with E-state index in [1.165, 1.54) is 24.3 Å². The number of carbonyl (C=O) groups excluding carboxylic acids is 2. The molecule has 1 heterocycles. The molecule has 1 aliphatic heterocycles. The fourth-order valence-electron chi connectivity index (χ4n) is 3.23. The van der Waals surface area contributed by atoms with E-state index in [1.54, 1.807) is 0 Å². The molecule has 4 nitrogen and oxygen atoms in total. The molecule has 0 radical (unpaired) electrons. The minimum Gasteiger partial charge on any atom is -0.350 e. The van der Waals surface area contributed by atoms with E-state index in [0.29, 0.717) is 16.7 Å². The van der Waals surface area contributed by atoms with Gasteiger partial charge in [-0.3, -0.25) is 9.59 Å². The predicted molar refractivity (Wildman–Crippen MR) is 93.1 cm³/mol.